The number of anilines is 1. The number of piperidine rings is 1. The van der Waals surface area contributed by atoms with Crippen LogP contribution in [0.25, 0.3) is 11.0 Å². The van der Waals surface area contributed by atoms with E-state index in [4.69, 9.17) is 15.0 Å². The van der Waals surface area contributed by atoms with Crippen LogP contribution in [-0.4, -0.2) is 52.6 Å². The number of carbonyl (C=O) groups is 1. The first kappa shape index (κ1) is 19.7. The van der Waals surface area contributed by atoms with Gasteiger partial charge >= 0.3 is 6.03 Å². The van der Waals surface area contributed by atoms with Crippen LogP contribution in [0.5, 0.6) is 5.88 Å². The largest absolute Gasteiger partial charge is 0.481 e. The van der Waals surface area contributed by atoms with E-state index in [0.29, 0.717) is 17.1 Å². The van der Waals surface area contributed by atoms with Crippen molar-refractivity contribution < 1.29 is 9.53 Å². The highest BCUT2D eigenvalue weighted by molar-refractivity contribution is 5.89. The Labute approximate surface area is 174 Å². The monoisotopic (exact) mass is 405 g/mol. The Bertz CT molecular complexity index is 1090. The quantitative estimate of drug-likeness (QED) is 0.614. The molecular formula is C21H23N7O2. The molecule has 1 fully saturated rings. The highest BCUT2D eigenvalue weighted by Crippen LogP contribution is 2.29. The first-order valence-electron chi connectivity index (χ1n) is 9.73. The van der Waals surface area contributed by atoms with Crippen molar-refractivity contribution in [1.82, 2.24) is 25.2 Å². The van der Waals surface area contributed by atoms with Crippen molar-refractivity contribution in [1.29, 1.82) is 5.26 Å². The lowest BCUT2D eigenvalue weighted by atomic mass is 9.97. The number of urea groups is 1. The van der Waals surface area contributed by atoms with Gasteiger partial charge in [-0.05, 0) is 44.2 Å². The molecule has 3 heterocycles. The van der Waals surface area contributed by atoms with E-state index in [-0.39, 0.29) is 18.1 Å². The second kappa shape index (κ2) is 8.39. The average molecular weight is 405 g/mol. The molecule has 0 radical (unpaired) electrons. The van der Waals surface area contributed by atoms with Gasteiger partial charge in [0, 0.05) is 18.7 Å². The molecule has 3 N–H and O–H groups in total. The number of carbonyl (C=O) groups excluding carboxylic acids is 1. The molecule has 1 aliphatic rings. The van der Waals surface area contributed by atoms with E-state index in [1.807, 2.05) is 6.07 Å². The van der Waals surface area contributed by atoms with Crippen molar-refractivity contribution in [3.63, 3.8) is 0 Å². The van der Waals surface area contributed by atoms with Crippen molar-refractivity contribution in [2.75, 3.05) is 26.0 Å². The third-order valence-electron chi connectivity index (χ3n) is 5.35. The molecular weight excluding hydrogens is 382 g/mol. The third kappa shape index (κ3) is 4.18. The second-order valence-corrected chi connectivity index (χ2v) is 7.37. The fraction of sp³-hybridized carbons (Fsp3) is 0.333. The first-order chi connectivity index (χ1) is 14.6. The first-order valence-corrected chi connectivity index (χ1v) is 9.73. The number of ether oxygens (including phenoxy) is 1. The molecule has 0 bridgehead atoms. The Morgan fingerprint density at radius 3 is 2.97 bits per heavy atom. The number of H-pyrrole nitrogens is 1. The van der Waals surface area contributed by atoms with Crippen LogP contribution in [0.4, 0.5) is 10.5 Å². The number of nitriles is 1. The van der Waals surface area contributed by atoms with Gasteiger partial charge in [-0.25, -0.2) is 14.8 Å². The smallest absolute Gasteiger partial charge is 0.319 e. The molecule has 3 aromatic rings. The number of pyridine rings is 1. The number of likely N-dealkylation sites (tertiary alicyclic amines) is 1. The van der Waals surface area contributed by atoms with Crippen LogP contribution in [0.3, 0.4) is 0 Å². The van der Waals surface area contributed by atoms with Crippen molar-refractivity contribution >= 4 is 22.8 Å². The number of imidazole rings is 1. The predicted octanol–water partition coefficient (Wildman–Crippen LogP) is 2.80. The summed E-state index contributed by atoms with van der Waals surface area (Å²) in [5, 5.41) is 14.9. The van der Waals surface area contributed by atoms with Crippen molar-refractivity contribution in [2.45, 2.75) is 24.9 Å². The molecule has 30 heavy (non-hydrogen) atoms. The molecule has 1 aromatic carbocycles. The van der Waals surface area contributed by atoms with Gasteiger partial charge in [-0.2, -0.15) is 5.26 Å². The summed E-state index contributed by atoms with van der Waals surface area (Å²) >= 11 is 0. The molecule has 1 aliphatic heterocycles. The number of nitrogens with one attached hydrogen (secondary N) is 3. The Balaban J connectivity index is 1.42. The number of aromatic nitrogens is 3. The number of aromatic amines is 1. The van der Waals surface area contributed by atoms with Gasteiger partial charge < -0.3 is 20.4 Å². The summed E-state index contributed by atoms with van der Waals surface area (Å²) in [6, 6.07) is 10.8. The van der Waals surface area contributed by atoms with Gasteiger partial charge in [0.1, 0.15) is 5.82 Å². The fourth-order valence-corrected chi connectivity index (χ4v) is 3.72. The number of amides is 2. The zero-order chi connectivity index (χ0) is 21.1. The van der Waals surface area contributed by atoms with Crippen LogP contribution in [0, 0.1) is 11.3 Å². The molecule has 0 spiro atoms. The Kier molecular flexibility index (Phi) is 5.50. The standard InChI is InChI=1S/C21H23N7O2/c1-28-8-7-14(24-21(29)25-15-4-6-19(30-2)23-12-15)10-18(28)20-26-16-5-3-13(11-22)9-17(16)27-20/h3-6,9,12,14,18H,7-8,10H2,1-2H3,(H,26,27)(H2,24,25,29). The molecule has 2 unspecified atom stereocenters. The minimum absolute atomic E-state index is 0.0142. The third-order valence-corrected chi connectivity index (χ3v) is 5.35. The minimum atomic E-state index is -0.265. The summed E-state index contributed by atoms with van der Waals surface area (Å²) in [5.74, 6) is 1.33. The predicted molar refractivity (Wildman–Crippen MR) is 112 cm³/mol. The lowest BCUT2D eigenvalue weighted by Gasteiger charge is -2.36. The molecule has 4 rings (SSSR count). The minimum Gasteiger partial charge on any atom is -0.481 e. The molecule has 0 aliphatic carbocycles. The molecule has 0 saturated carbocycles. The lowest BCUT2D eigenvalue weighted by Crippen LogP contribution is -2.46. The van der Waals surface area contributed by atoms with Gasteiger partial charge in [0.2, 0.25) is 5.88 Å². The van der Waals surface area contributed by atoms with E-state index >= 15 is 0 Å². The normalized spacial score (nSPS) is 19.2. The molecule has 1 saturated heterocycles. The number of hydrogen-bond donors (Lipinski definition) is 3. The van der Waals surface area contributed by atoms with Crippen molar-refractivity contribution in [3.8, 4) is 11.9 Å². The molecule has 2 atom stereocenters. The van der Waals surface area contributed by atoms with Gasteiger partial charge in [-0.1, -0.05) is 0 Å². The van der Waals surface area contributed by atoms with Crippen LogP contribution in [0.1, 0.15) is 30.3 Å². The second-order valence-electron chi connectivity index (χ2n) is 7.37. The Hall–Kier alpha value is -3.64. The summed E-state index contributed by atoms with van der Waals surface area (Å²) in [5.41, 5.74) is 2.87. The fourth-order valence-electron chi connectivity index (χ4n) is 3.72. The van der Waals surface area contributed by atoms with Crippen LogP contribution < -0.4 is 15.4 Å². The maximum absolute atomic E-state index is 12.4. The van der Waals surface area contributed by atoms with Gasteiger partial charge in [0.15, 0.2) is 0 Å². The van der Waals surface area contributed by atoms with Gasteiger partial charge in [-0.15, -0.1) is 0 Å². The molecule has 2 aromatic heterocycles. The highest BCUT2D eigenvalue weighted by atomic mass is 16.5. The SMILES string of the molecule is COc1ccc(NC(=O)NC2CCN(C)C(c3nc4ccc(C#N)cc4[nH]3)C2)cn1. The van der Waals surface area contributed by atoms with Crippen LogP contribution in [0.15, 0.2) is 36.5 Å². The van der Waals surface area contributed by atoms with Crippen LogP contribution in [-0.2, 0) is 0 Å². The summed E-state index contributed by atoms with van der Waals surface area (Å²) in [7, 11) is 3.60. The summed E-state index contributed by atoms with van der Waals surface area (Å²) in [4.78, 5) is 26.8. The van der Waals surface area contributed by atoms with Gasteiger partial charge in [-0.3, -0.25) is 4.90 Å². The lowest BCUT2D eigenvalue weighted by molar-refractivity contribution is 0.153. The summed E-state index contributed by atoms with van der Waals surface area (Å²) in [6.07, 6.45) is 3.13. The summed E-state index contributed by atoms with van der Waals surface area (Å²) < 4.78 is 5.03. The van der Waals surface area contributed by atoms with E-state index < -0.39 is 0 Å². The van der Waals surface area contributed by atoms with E-state index in [2.05, 4.69) is 38.6 Å². The molecule has 2 amide bonds. The maximum Gasteiger partial charge on any atom is 0.319 e. The zero-order valence-electron chi connectivity index (χ0n) is 16.8. The molecule has 154 valence electrons. The van der Waals surface area contributed by atoms with Crippen LogP contribution in [0.2, 0.25) is 0 Å². The summed E-state index contributed by atoms with van der Waals surface area (Å²) in [6.45, 7) is 0.834. The van der Waals surface area contributed by atoms with Gasteiger partial charge in [0.25, 0.3) is 0 Å². The van der Waals surface area contributed by atoms with E-state index in [1.165, 1.54) is 0 Å². The van der Waals surface area contributed by atoms with Gasteiger partial charge in [0.05, 0.1) is 47.7 Å². The molecule has 9 nitrogen and oxygen atoms in total. The number of rotatable bonds is 4. The van der Waals surface area contributed by atoms with Crippen molar-refractivity contribution in [2.24, 2.45) is 0 Å². The highest BCUT2D eigenvalue weighted by Gasteiger charge is 2.30. The zero-order valence-corrected chi connectivity index (χ0v) is 16.8. The number of hydrogen-bond acceptors (Lipinski definition) is 6. The average Bonchev–Trinajstić information content (AvgIpc) is 3.18. The van der Waals surface area contributed by atoms with E-state index in [1.54, 1.807) is 37.6 Å². The van der Waals surface area contributed by atoms with Crippen LogP contribution >= 0.6 is 0 Å². The number of nitrogens with zero attached hydrogens (tertiary/aromatic N) is 4. The number of fused-ring (bicyclic) bond motifs is 1. The Morgan fingerprint density at radius 1 is 1.37 bits per heavy atom. The maximum atomic E-state index is 12.4. The Morgan fingerprint density at radius 2 is 2.23 bits per heavy atom. The van der Waals surface area contributed by atoms with E-state index in [0.717, 1.165) is 36.2 Å². The van der Waals surface area contributed by atoms with E-state index in [9.17, 15) is 4.79 Å². The topological polar surface area (TPSA) is 119 Å². The number of methoxy groups -OCH3 is 1. The molecule has 9 heteroatoms. The van der Waals surface area contributed by atoms with Crippen molar-refractivity contribution in [3.05, 3.63) is 47.9 Å². The number of benzene rings is 1.